The topological polar surface area (TPSA) is 37.4 Å². The van der Waals surface area contributed by atoms with Crippen LogP contribution in [0.25, 0.3) is 0 Å². The third kappa shape index (κ3) is 7.65. The standard InChI is InChI=1S/C6H13NO2S/c1-7(2)5-4-6-10(3,8)9/h4,6H,5H2,1-3H3/b6-4+. The second-order valence-corrected chi connectivity index (χ2v) is 4.39. The van der Waals surface area contributed by atoms with Crippen molar-refractivity contribution in [3.8, 4) is 0 Å². The Labute approximate surface area is 62.3 Å². The Morgan fingerprint density at radius 2 is 1.90 bits per heavy atom. The van der Waals surface area contributed by atoms with E-state index in [1.165, 1.54) is 11.7 Å². The lowest BCUT2D eigenvalue weighted by molar-refractivity contribution is 0.456. The first kappa shape index (κ1) is 9.65. The van der Waals surface area contributed by atoms with Crippen molar-refractivity contribution < 1.29 is 8.42 Å². The Hall–Kier alpha value is -0.350. The predicted molar refractivity (Wildman–Crippen MR) is 42.5 cm³/mol. The molecule has 0 aromatic heterocycles. The SMILES string of the molecule is CN(C)C/C=C/S(C)(=O)=O. The van der Waals surface area contributed by atoms with Crippen LogP contribution in [0.2, 0.25) is 0 Å². The molecule has 0 bridgehead atoms. The summed E-state index contributed by atoms with van der Waals surface area (Å²) < 4.78 is 21.0. The van der Waals surface area contributed by atoms with Crippen molar-refractivity contribution in [3.05, 3.63) is 11.5 Å². The summed E-state index contributed by atoms with van der Waals surface area (Å²) in [5.74, 6) is 0. The first-order chi connectivity index (χ1) is 4.42. The first-order valence-electron chi connectivity index (χ1n) is 2.93. The van der Waals surface area contributed by atoms with Gasteiger partial charge >= 0.3 is 0 Å². The average molecular weight is 163 g/mol. The summed E-state index contributed by atoms with van der Waals surface area (Å²) in [5.41, 5.74) is 0. The zero-order valence-electron chi connectivity index (χ0n) is 6.53. The molecule has 0 saturated carbocycles. The molecule has 0 aliphatic carbocycles. The molecule has 0 aromatic carbocycles. The smallest absolute Gasteiger partial charge is 0.168 e. The lowest BCUT2D eigenvalue weighted by Gasteiger charge is -2.02. The van der Waals surface area contributed by atoms with Gasteiger partial charge in [-0.1, -0.05) is 6.08 Å². The average Bonchev–Trinajstić information content (AvgIpc) is 1.59. The molecule has 0 atom stereocenters. The Bertz CT molecular complexity index is 204. The van der Waals surface area contributed by atoms with Crippen LogP contribution < -0.4 is 0 Å². The highest BCUT2D eigenvalue weighted by Gasteiger charge is 1.91. The molecular weight excluding hydrogens is 150 g/mol. The zero-order chi connectivity index (χ0) is 8.20. The predicted octanol–water partition coefficient (Wildman–Crippen LogP) is 0.106. The van der Waals surface area contributed by atoms with Gasteiger partial charge in [-0.05, 0) is 14.1 Å². The largest absolute Gasteiger partial charge is 0.306 e. The van der Waals surface area contributed by atoms with Crippen LogP contribution in [0.3, 0.4) is 0 Å². The van der Waals surface area contributed by atoms with Crippen molar-refractivity contribution in [3.63, 3.8) is 0 Å². The van der Waals surface area contributed by atoms with Gasteiger partial charge < -0.3 is 4.90 Å². The number of hydrogen-bond acceptors (Lipinski definition) is 3. The molecule has 0 radical (unpaired) electrons. The molecular formula is C6H13NO2S. The van der Waals surface area contributed by atoms with Crippen LogP contribution in [-0.2, 0) is 9.84 Å². The molecule has 4 heteroatoms. The third-order valence-electron chi connectivity index (χ3n) is 0.814. The van der Waals surface area contributed by atoms with E-state index in [9.17, 15) is 8.42 Å². The lowest BCUT2D eigenvalue weighted by Crippen LogP contribution is -2.10. The fraction of sp³-hybridized carbons (Fsp3) is 0.667. The number of hydrogen-bond donors (Lipinski definition) is 0. The van der Waals surface area contributed by atoms with Crippen molar-refractivity contribution in [2.45, 2.75) is 0 Å². The molecule has 0 fully saturated rings. The van der Waals surface area contributed by atoms with Crippen LogP contribution in [-0.4, -0.2) is 40.2 Å². The normalized spacial score (nSPS) is 13.2. The summed E-state index contributed by atoms with van der Waals surface area (Å²) >= 11 is 0. The van der Waals surface area contributed by atoms with Gasteiger partial charge in [-0.3, -0.25) is 0 Å². The molecule has 0 aliphatic rings. The molecule has 0 heterocycles. The number of nitrogens with zero attached hydrogens (tertiary/aromatic N) is 1. The molecule has 3 nitrogen and oxygen atoms in total. The quantitative estimate of drug-likeness (QED) is 0.592. The molecule has 0 unspecified atom stereocenters. The van der Waals surface area contributed by atoms with E-state index in [1.54, 1.807) is 6.08 Å². The van der Waals surface area contributed by atoms with E-state index in [2.05, 4.69) is 0 Å². The maximum atomic E-state index is 10.5. The molecule has 0 saturated heterocycles. The summed E-state index contributed by atoms with van der Waals surface area (Å²) in [6.45, 7) is 0.660. The van der Waals surface area contributed by atoms with Gasteiger partial charge in [-0.25, -0.2) is 8.42 Å². The first-order valence-corrected chi connectivity index (χ1v) is 4.88. The number of likely N-dealkylation sites (N-methyl/N-ethyl adjacent to an activating group) is 1. The van der Waals surface area contributed by atoms with Crippen molar-refractivity contribution in [2.75, 3.05) is 26.9 Å². The van der Waals surface area contributed by atoms with Gasteiger partial charge in [0.05, 0.1) is 0 Å². The van der Waals surface area contributed by atoms with E-state index in [-0.39, 0.29) is 0 Å². The lowest BCUT2D eigenvalue weighted by atomic mass is 10.6. The Kier molecular flexibility index (Phi) is 3.60. The van der Waals surface area contributed by atoms with Crippen LogP contribution in [0.4, 0.5) is 0 Å². The van der Waals surface area contributed by atoms with Gasteiger partial charge in [-0.15, -0.1) is 0 Å². The maximum Gasteiger partial charge on any atom is 0.168 e. The van der Waals surface area contributed by atoms with E-state index >= 15 is 0 Å². The summed E-state index contributed by atoms with van der Waals surface area (Å²) in [4.78, 5) is 1.89. The zero-order valence-corrected chi connectivity index (χ0v) is 7.35. The Balaban J connectivity index is 3.80. The summed E-state index contributed by atoms with van der Waals surface area (Å²) in [5, 5.41) is 1.22. The van der Waals surface area contributed by atoms with E-state index in [4.69, 9.17) is 0 Å². The van der Waals surface area contributed by atoms with Crippen LogP contribution in [0.1, 0.15) is 0 Å². The van der Waals surface area contributed by atoms with Crippen molar-refractivity contribution >= 4 is 9.84 Å². The van der Waals surface area contributed by atoms with E-state index in [1.807, 2.05) is 19.0 Å². The van der Waals surface area contributed by atoms with Gasteiger partial charge in [0.25, 0.3) is 0 Å². The van der Waals surface area contributed by atoms with E-state index in [0.29, 0.717) is 6.54 Å². The highest BCUT2D eigenvalue weighted by Crippen LogP contribution is 1.85. The van der Waals surface area contributed by atoms with Crippen LogP contribution in [0.5, 0.6) is 0 Å². The molecule has 0 spiro atoms. The van der Waals surface area contributed by atoms with Gasteiger partial charge in [0.15, 0.2) is 9.84 Å². The molecule has 0 N–H and O–H groups in total. The number of rotatable bonds is 3. The second-order valence-electron chi connectivity index (χ2n) is 2.46. The van der Waals surface area contributed by atoms with Crippen LogP contribution >= 0.6 is 0 Å². The Morgan fingerprint density at radius 3 is 2.20 bits per heavy atom. The minimum absolute atomic E-state index is 0.660. The fourth-order valence-electron chi connectivity index (χ4n) is 0.429. The molecule has 10 heavy (non-hydrogen) atoms. The molecule has 0 amide bonds. The summed E-state index contributed by atoms with van der Waals surface area (Å²) in [7, 11) is 0.836. The third-order valence-corrected chi connectivity index (χ3v) is 1.50. The summed E-state index contributed by atoms with van der Waals surface area (Å²) in [6, 6.07) is 0. The maximum absolute atomic E-state index is 10.5. The molecule has 60 valence electrons. The van der Waals surface area contributed by atoms with Crippen LogP contribution in [0.15, 0.2) is 11.5 Å². The fourth-order valence-corrected chi connectivity index (χ4v) is 0.864. The highest BCUT2D eigenvalue weighted by atomic mass is 32.2. The molecule has 0 aliphatic heterocycles. The van der Waals surface area contributed by atoms with Crippen molar-refractivity contribution in [1.82, 2.24) is 4.90 Å². The summed E-state index contributed by atoms with van der Waals surface area (Å²) in [6.07, 6.45) is 2.80. The van der Waals surface area contributed by atoms with Gasteiger partial charge in [0, 0.05) is 18.2 Å². The van der Waals surface area contributed by atoms with Gasteiger partial charge in [-0.2, -0.15) is 0 Å². The highest BCUT2D eigenvalue weighted by molar-refractivity contribution is 7.93. The van der Waals surface area contributed by atoms with Gasteiger partial charge in [0.2, 0.25) is 0 Å². The second kappa shape index (κ2) is 3.73. The van der Waals surface area contributed by atoms with Crippen molar-refractivity contribution in [2.24, 2.45) is 0 Å². The number of sulfone groups is 1. The van der Waals surface area contributed by atoms with E-state index in [0.717, 1.165) is 0 Å². The van der Waals surface area contributed by atoms with Crippen molar-refractivity contribution in [1.29, 1.82) is 0 Å². The van der Waals surface area contributed by atoms with Gasteiger partial charge in [0.1, 0.15) is 0 Å². The minimum Gasteiger partial charge on any atom is -0.306 e. The van der Waals surface area contributed by atoms with E-state index < -0.39 is 9.84 Å². The Morgan fingerprint density at radius 1 is 1.40 bits per heavy atom. The molecule has 0 rings (SSSR count). The minimum atomic E-state index is -2.93. The molecule has 0 aromatic rings. The van der Waals surface area contributed by atoms with Crippen LogP contribution in [0, 0.1) is 0 Å². The monoisotopic (exact) mass is 163 g/mol.